The topological polar surface area (TPSA) is 42.4 Å². The fourth-order valence-corrected chi connectivity index (χ4v) is 2.33. The average Bonchev–Trinajstić information content (AvgIpc) is 2.41. The molecule has 1 fully saturated rings. The highest BCUT2D eigenvalue weighted by Gasteiger charge is 2.20. The predicted molar refractivity (Wildman–Crippen MR) is 73.9 cm³/mol. The first-order chi connectivity index (χ1) is 9.22. The van der Waals surface area contributed by atoms with Crippen molar-refractivity contribution in [1.29, 1.82) is 0 Å². The number of carbonyl (C=O) groups excluding carboxylic acids is 1. The molecule has 0 spiro atoms. The van der Waals surface area contributed by atoms with E-state index in [0.29, 0.717) is 5.56 Å². The minimum Gasteiger partial charge on any atom is -0.465 e. The third-order valence-corrected chi connectivity index (χ3v) is 3.82. The normalized spacial score (nSPS) is 15.3. The summed E-state index contributed by atoms with van der Waals surface area (Å²) in [5.41, 5.74) is 1.52. The Balaban J connectivity index is 1.91. The van der Waals surface area contributed by atoms with Crippen molar-refractivity contribution in [3.05, 3.63) is 29.6 Å². The summed E-state index contributed by atoms with van der Waals surface area (Å²) in [4.78, 5) is 18.1. The minimum atomic E-state index is -0.333. The predicted octanol–water partition coefficient (Wildman–Crippen LogP) is 2.49. The second-order valence-corrected chi connectivity index (χ2v) is 5.15. The van der Waals surface area contributed by atoms with Crippen LogP contribution in [-0.2, 0) is 11.3 Å². The van der Waals surface area contributed by atoms with Crippen molar-refractivity contribution < 1.29 is 9.53 Å². The van der Waals surface area contributed by atoms with Crippen molar-refractivity contribution in [2.75, 3.05) is 20.2 Å². The van der Waals surface area contributed by atoms with Gasteiger partial charge in [-0.1, -0.05) is 13.3 Å². The molecule has 0 N–H and O–H groups in total. The number of nitrogens with zero attached hydrogens (tertiary/aromatic N) is 2. The van der Waals surface area contributed by atoms with E-state index in [1.54, 1.807) is 12.3 Å². The molecule has 104 valence electrons. The Bertz CT molecular complexity index is 413. The summed E-state index contributed by atoms with van der Waals surface area (Å²) in [6.45, 7) is 5.24. The van der Waals surface area contributed by atoms with Gasteiger partial charge in [0.25, 0.3) is 0 Å². The Morgan fingerprint density at radius 3 is 2.74 bits per heavy atom. The highest BCUT2D eigenvalue weighted by Crippen LogP contribution is 2.27. The molecule has 1 aromatic heterocycles. The molecule has 0 aliphatic heterocycles. The molecule has 0 radical (unpaired) electrons. The zero-order valence-corrected chi connectivity index (χ0v) is 11.8. The van der Waals surface area contributed by atoms with E-state index in [4.69, 9.17) is 0 Å². The summed E-state index contributed by atoms with van der Waals surface area (Å²) in [5.74, 6) is 0.537. The first-order valence-electron chi connectivity index (χ1n) is 6.98. The fourth-order valence-electron chi connectivity index (χ4n) is 2.33. The van der Waals surface area contributed by atoms with Gasteiger partial charge in [0.05, 0.1) is 18.4 Å². The first kappa shape index (κ1) is 14.0. The average molecular weight is 262 g/mol. The molecule has 0 amide bonds. The molecule has 0 atom stereocenters. The highest BCUT2D eigenvalue weighted by molar-refractivity contribution is 5.88. The van der Waals surface area contributed by atoms with Crippen LogP contribution < -0.4 is 0 Å². The van der Waals surface area contributed by atoms with Crippen molar-refractivity contribution in [3.63, 3.8) is 0 Å². The molecular formula is C15H22N2O2. The Morgan fingerprint density at radius 2 is 2.26 bits per heavy atom. The van der Waals surface area contributed by atoms with Gasteiger partial charge in [0.2, 0.25) is 0 Å². The van der Waals surface area contributed by atoms with Crippen LogP contribution in [0.15, 0.2) is 18.3 Å². The Morgan fingerprint density at radius 1 is 1.47 bits per heavy atom. The lowest BCUT2D eigenvalue weighted by Crippen LogP contribution is -2.32. The van der Waals surface area contributed by atoms with E-state index in [1.165, 1.54) is 26.4 Å². The third kappa shape index (κ3) is 3.77. The molecule has 0 bridgehead atoms. The molecule has 1 heterocycles. The molecule has 0 saturated heterocycles. The SMILES string of the molecule is CCN(Cc1ccc(C(=O)OC)cn1)CC1CCC1. The van der Waals surface area contributed by atoms with E-state index in [-0.39, 0.29) is 5.97 Å². The Hall–Kier alpha value is -1.42. The van der Waals surface area contributed by atoms with Gasteiger partial charge >= 0.3 is 5.97 Å². The van der Waals surface area contributed by atoms with Crippen LogP contribution in [0.1, 0.15) is 42.2 Å². The van der Waals surface area contributed by atoms with Crippen LogP contribution in [0.25, 0.3) is 0 Å². The number of methoxy groups -OCH3 is 1. The highest BCUT2D eigenvalue weighted by atomic mass is 16.5. The van der Waals surface area contributed by atoms with Crippen molar-refractivity contribution >= 4 is 5.97 Å². The van der Waals surface area contributed by atoms with Crippen LogP contribution in [0, 0.1) is 5.92 Å². The molecule has 1 aromatic rings. The van der Waals surface area contributed by atoms with E-state index in [0.717, 1.165) is 31.2 Å². The minimum absolute atomic E-state index is 0.333. The maximum Gasteiger partial charge on any atom is 0.339 e. The van der Waals surface area contributed by atoms with Gasteiger partial charge in [0, 0.05) is 19.3 Å². The summed E-state index contributed by atoms with van der Waals surface area (Å²) >= 11 is 0. The van der Waals surface area contributed by atoms with E-state index in [2.05, 4.69) is 21.5 Å². The van der Waals surface area contributed by atoms with Crippen LogP contribution in [0.4, 0.5) is 0 Å². The number of esters is 1. The van der Waals surface area contributed by atoms with E-state index < -0.39 is 0 Å². The van der Waals surface area contributed by atoms with Gasteiger partial charge in [-0.15, -0.1) is 0 Å². The first-order valence-corrected chi connectivity index (χ1v) is 6.98. The maximum absolute atomic E-state index is 11.3. The molecule has 1 saturated carbocycles. The van der Waals surface area contributed by atoms with Crippen LogP contribution in [0.2, 0.25) is 0 Å². The van der Waals surface area contributed by atoms with E-state index in [9.17, 15) is 4.79 Å². The molecule has 2 rings (SSSR count). The van der Waals surface area contributed by atoms with Crippen molar-refractivity contribution in [2.45, 2.75) is 32.7 Å². The number of aromatic nitrogens is 1. The summed E-state index contributed by atoms with van der Waals surface area (Å²) in [5, 5.41) is 0. The molecule has 1 aliphatic rings. The Kier molecular flexibility index (Phi) is 4.91. The van der Waals surface area contributed by atoms with E-state index >= 15 is 0 Å². The van der Waals surface area contributed by atoms with Gasteiger partial charge in [0.15, 0.2) is 0 Å². The summed E-state index contributed by atoms with van der Waals surface area (Å²) in [6.07, 6.45) is 5.71. The van der Waals surface area contributed by atoms with Crippen LogP contribution in [0.5, 0.6) is 0 Å². The molecule has 0 aromatic carbocycles. The summed E-state index contributed by atoms with van der Waals surface area (Å²) in [7, 11) is 1.38. The zero-order valence-electron chi connectivity index (χ0n) is 11.8. The quantitative estimate of drug-likeness (QED) is 0.739. The van der Waals surface area contributed by atoms with Crippen LogP contribution in [-0.4, -0.2) is 36.1 Å². The van der Waals surface area contributed by atoms with Gasteiger partial charge in [0.1, 0.15) is 0 Å². The van der Waals surface area contributed by atoms with E-state index in [1.807, 2.05) is 6.07 Å². The molecule has 4 heteroatoms. The number of carbonyl (C=O) groups is 1. The molecule has 1 aliphatic carbocycles. The maximum atomic E-state index is 11.3. The molecular weight excluding hydrogens is 240 g/mol. The summed E-state index contributed by atoms with van der Waals surface area (Å²) < 4.78 is 4.66. The second-order valence-electron chi connectivity index (χ2n) is 5.15. The second kappa shape index (κ2) is 6.66. The number of pyridine rings is 1. The van der Waals surface area contributed by atoms with Crippen LogP contribution >= 0.6 is 0 Å². The van der Waals surface area contributed by atoms with Gasteiger partial charge in [-0.25, -0.2) is 4.79 Å². The van der Waals surface area contributed by atoms with Gasteiger partial charge in [-0.2, -0.15) is 0 Å². The van der Waals surface area contributed by atoms with Crippen molar-refractivity contribution in [2.24, 2.45) is 5.92 Å². The largest absolute Gasteiger partial charge is 0.465 e. The lowest BCUT2D eigenvalue weighted by atomic mass is 9.85. The number of hydrogen-bond acceptors (Lipinski definition) is 4. The third-order valence-electron chi connectivity index (χ3n) is 3.82. The standard InChI is InChI=1S/C15H22N2O2/c1-3-17(10-12-5-4-6-12)11-14-8-7-13(9-16-14)15(18)19-2/h7-9,12H,3-6,10-11H2,1-2H3. The number of hydrogen-bond donors (Lipinski definition) is 0. The smallest absolute Gasteiger partial charge is 0.339 e. The van der Waals surface area contributed by atoms with Gasteiger partial charge < -0.3 is 4.74 Å². The molecule has 19 heavy (non-hydrogen) atoms. The zero-order chi connectivity index (χ0) is 13.7. The number of ether oxygens (including phenoxy) is 1. The molecule has 4 nitrogen and oxygen atoms in total. The van der Waals surface area contributed by atoms with Crippen LogP contribution in [0.3, 0.4) is 0 Å². The fraction of sp³-hybridized carbons (Fsp3) is 0.600. The summed E-state index contributed by atoms with van der Waals surface area (Å²) in [6, 6.07) is 3.70. The Labute approximate surface area is 114 Å². The van der Waals surface area contributed by atoms with Crippen molar-refractivity contribution in [1.82, 2.24) is 9.88 Å². The molecule has 0 unspecified atom stereocenters. The van der Waals surface area contributed by atoms with Crippen molar-refractivity contribution in [3.8, 4) is 0 Å². The van der Waals surface area contributed by atoms with Gasteiger partial charge in [-0.05, 0) is 37.4 Å². The lowest BCUT2D eigenvalue weighted by Gasteiger charge is -2.31. The monoisotopic (exact) mass is 262 g/mol. The lowest BCUT2D eigenvalue weighted by molar-refractivity contribution is 0.0600. The number of rotatable bonds is 6. The van der Waals surface area contributed by atoms with Gasteiger partial charge in [-0.3, -0.25) is 9.88 Å².